The van der Waals surface area contributed by atoms with Crippen LogP contribution >= 0.6 is 11.8 Å². The van der Waals surface area contributed by atoms with Gasteiger partial charge in [-0.05, 0) is 23.3 Å². The Balaban J connectivity index is 1.85. The van der Waals surface area contributed by atoms with Crippen LogP contribution in [0.25, 0.3) is 21.8 Å². The molecule has 0 radical (unpaired) electrons. The lowest BCUT2D eigenvalue weighted by atomic mass is 10.1. The third-order valence-corrected chi connectivity index (χ3v) is 5.65. The molecule has 6 nitrogen and oxygen atoms in total. The van der Waals surface area contributed by atoms with Crippen molar-refractivity contribution in [3.63, 3.8) is 0 Å². The molecule has 27 heavy (non-hydrogen) atoms. The fourth-order valence-corrected chi connectivity index (χ4v) is 4.27. The van der Waals surface area contributed by atoms with Crippen molar-refractivity contribution in [2.45, 2.75) is 17.7 Å². The highest BCUT2D eigenvalue weighted by Crippen LogP contribution is 2.29. The zero-order chi connectivity index (χ0) is 19.1. The molecular formula is C20H18N4O2S. The fourth-order valence-electron chi connectivity index (χ4n) is 3.20. The maximum atomic E-state index is 12.7. The van der Waals surface area contributed by atoms with Crippen molar-refractivity contribution < 1.29 is 0 Å². The summed E-state index contributed by atoms with van der Waals surface area (Å²) < 4.78 is 2.50. The summed E-state index contributed by atoms with van der Waals surface area (Å²) in [6.07, 6.45) is 0. The number of thioether (sulfide) groups is 1. The molecule has 0 fully saturated rings. The molecule has 7 heteroatoms. The van der Waals surface area contributed by atoms with Crippen LogP contribution in [0.3, 0.4) is 0 Å². The van der Waals surface area contributed by atoms with Crippen molar-refractivity contribution in [3.05, 3.63) is 74.7 Å². The van der Waals surface area contributed by atoms with E-state index in [0.29, 0.717) is 27.6 Å². The monoisotopic (exact) mass is 378 g/mol. The number of aryl methyl sites for hydroxylation is 2. The molecule has 0 atom stereocenters. The van der Waals surface area contributed by atoms with Crippen molar-refractivity contribution in [3.8, 4) is 0 Å². The molecule has 0 saturated carbocycles. The minimum atomic E-state index is -0.393. The van der Waals surface area contributed by atoms with Gasteiger partial charge in [0.25, 0.3) is 5.56 Å². The zero-order valence-electron chi connectivity index (χ0n) is 15.3. The van der Waals surface area contributed by atoms with Crippen LogP contribution in [0.15, 0.2) is 57.1 Å². The largest absolute Gasteiger partial charge is 0.332 e. The van der Waals surface area contributed by atoms with E-state index in [-0.39, 0.29) is 5.56 Å². The maximum Gasteiger partial charge on any atom is 0.332 e. The zero-order valence-corrected chi connectivity index (χ0v) is 16.1. The summed E-state index contributed by atoms with van der Waals surface area (Å²) in [4.78, 5) is 33.7. The van der Waals surface area contributed by atoms with E-state index >= 15 is 0 Å². The average Bonchev–Trinajstić information content (AvgIpc) is 2.68. The van der Waals surface area contributed by atoms with E-state index in [0.717, 1.165) is 4.57 Å². The summed E-state index contributed by atoms with van der Waals surface area (Å²) in [5.74, 6) is 1.20. The highest BCUT2D eigenvalue weighted by Gasteiger charge is 2.16. The number of nitrogens with zero attached hydrogens (tertiary/aromatic N) is 4. The Kier molecular flexibility index (Phi) is 4.31. The summed E-state index contributed by atoms with van der Waals surface area (Å²) in [6.45, 7) is 1.77. The van der Waals surface area contributed by atoms with Crippen LogP contribution < -0.4 is 11.2 Å². The molecule has 0 unspecified atom stereocenters. The highest BCUT2D eigenvalue weighted by atomic mass is 32.2. The lowest BCUT2D eigenvalue weighted by molar-refractivity contribution is 0.701. The normalized spacial score (nSPS) is 11.4. The van der Waals surface area contributed by atoms with Gasteiger partial charge < -0.3 is 0 Å². The molecule has 2 heterocycles. The summed E-state index contributed by atoms with van der Waals surface area (Å²) in [6, 6.07) is 14.4. The third kappa shape index (κ3) is 2.94. The van der Waals surface area contributed by atoms with Crippen LogP contribution in [0.4, 0.5) is 0 Å². The van der Waals surface area contributed by atoms with Gasteiger partial charge in [0.2, 0.25) is 0 Å². The van der Waals surface area contributed by atoms with E-state index in [1.165, 1.54) is 39.7 Å². The van der Waals surface area contributed by atoms with E-state index in [9.17, 15) is 9.59 Å². The molecule has 0 amide bonds. The van der Waals surface area contributed by atoms with Gasteiger partial charge in [0.15, 0.2) is 5.65 Å². The van der Waals surface area contributed by atoms with Crippen LogP contribution in [0.1, 0.15) is 11.4 Å². The van der Waals surface area contributed by atoms with Crippen LogP contribution in [0.2, 0.25) is 0 Å². The summed E-state index contributed by atoms with van der Waals surface area (Å²) >= 11 is 1.49. The number of aromatic nitrogens is 4. The van der Waals surface area contributed by atoms with Gasteiger partial charge in [0.05, 0.1) is 0 Å². The van der Waals surface area contributed by atoms with E-state index < -0.39 is 5.69 Å². The molecule has 4 rings (SSSR count). The number of benzene rings is 2. The predicted molar refractivity (Wildman–Crippen MR) is 108 cm³/mol. The molecule has 0 aliphatic rings. The van der Waals surface area contributed by atoms with Crippen LogP contribution in [-0.4, -0.2) is 19.1 Å². The van der Waals surface area contributed by atoms with Gasteiger partial charge >= 0.3 is 5.69 Å². The van der Waals surface area contributed by atoms with Gasteiger partial charge in [-0.2, -0.15) is 0 Å². The first-order valence-electron chi connectivity index (χ1n) is 8.51. The minimum absolute atomic E-state index is 0.367. The number of rotatable bonds is 3. The SMILES string of the molecule is Cc1nc(SCc2cccc3ccccc23)c2c(=O)n(C)c(=O)n(C)c2n1. The van der Waals surface area contributed by atoms with E-state index in [1.54, 1.807) is 14.0 Å². The van der Waals surface area contributed by atoms with Gasteiger partial charge in [-0.3, -0.25) is 13.9 Å². The fraction of sp³-hybridized carbons (Fsp3) is 0.200. The van der Waals surface area contributed by atoms with Gasteiger partial charge in [-0.15, -0.1) is 11.8 Å². The Bertz CT molecular complexity index is 1300. The van der Waals surface area contributed by atoms with Crippen molar-refractivity contribution in [1.82, 2.24) is 19.1 Å². The average molecular weight is 378 g/mol. The summed E-state index contributed by atoms with van der Waals surface area (Å²) in [7, 11) is 3.10. The van der Waals surface area contributed by atoms with E-state index in [1.807, 2.05) is 18.2 Å². The molecule has 136 valence electrons. The van der Waals surface area contributed by atoms with Crippen molar-refractivity contribution in [1.29, 1.82) is 0 Å². The maximum absolute atomic E-state index is 12.7. The molecule has 0 saturated heterocycles. The Labute approximate surface area is 159 Å². The molecular weight excluding hydrogens is 360 g/mol. The van der Waals surface area contributed by atoms with Gasteiger partial charge in [-0.1, -0.05) is 42.5 Å². The Morgan fingerprint density at radius 1 is 0.963 bits per heavy atom. The van der Waals surface area contributed by atoms with Crippen LogP contribution in [0, 0.1) is 6.92 Å². The predicted octanol–water partition coefficient (Wildman–Crippen LogP) is 2.78. The van der Waals surface area contributed by atoms with Gasteiger partial charge in [0, 0.05) is 19.8 Å². The van der Waals surface area contributed by atoms with Gasteiger partial charge in [0.1, 0.15) is 16.2 Å². The van der Waals surface area contributed by atoms with E-state index in [2.05, 4.69) is 34.2 Å². The lowest BCUT2D eigenvalue weighted by Crippen LogP contribution is -2.37. The second-order valence-electron chi connectivity index (χ2n) is 6.41. The molecule has 0 bridgehead atoms. The topological polar surface area (TPSA) is 69.8 Å². The summed E-state index contributed by atoms with van der Waals surface area (Å²) in [5.41, 5.74) is 0.782. The Morgan fingerprint density at radius 2 is 1.70 bits per heavy atom. The first-order chi connectivity index (χ1) is 13.0. The molecule has 4 aromatic rings. The van der Waals surface area contributed by atoms with Crippen molar-refractivity contribution in [2.24, 2.45) is 14.1 Å². The first-order valence-corrected chi connectivity index (χ1v) is 9.49. The molecule has 0 aliphatic heterocycles. The number of hydrogen-bond donors (Lipinski definition) is 0. The third-order valence-electron chi connectivity index (χ3n) is 4.62. The lowest BCUT2D eigenvalue weighted by Gasteiger charge is -2.11. The molecule has 0 N–H and O–H groups in total. The number of hydrogen-bond acceptors (Lipinski definition) is 5. The Hall–Kier alpha value is -2.93. The molecule has 0 spiro atoms. The first kappa shape index (κ1) is 17.5. The van der Waals surface area contributed by atoms with Crippen LogP contribution in [0.5, 0.6) is 0 Å². The van der Waals surface area contributed by atoms with Crippen molar-refractivity contribution >= 4 is 33.6 Å². The minimum Gasteiger partial charge on any atom is -0.280 e. The van der Waals surface area contributed by atoms with Crippen molar-refractivity contribution in [2.75, 3.05) is 0 Å². The van der Waals surface area contributed by atoms with Gasteiger partial charge in [-0.25, -0.2) is 14.8 Å². The second kappa shape index (κ2) is 6.66. The quantitative estimate of drug-likeness (QED) is 0.405. The van der Waals surface area contributed by atoms with E-state index in [4.69, 9.17) is 0 Å². The molecule has 2 aromatic heterocycles. The number of fused-ring (bicyclic) bond motifs is 2. The highest BCUT2D eigenvalue weighted by molar-refractivity contribution is 7.98. The second-order valence-corrected chi connectivity index (χ2v) is 7.37. The molecule has 2 aromatic carbocycles. The standard InChI is InChI=1S/C20H18N4O2S/c1-12-21-17-16(19(25)24(3)20(26)23(17)2)18(22-12)27-11-14-9-6-8-13-7-4-5-10-15(13)14/h4-10H,11H2,1-3H3. The smallest absolute Gasteiger partial charge is 0.280 e. The summed E-state index contributed by atoms with van der Waals surface area (Å²) in [5, 5.41) is 3.34. The molecule has 0 aliphatic carbocycles. The Morgan fingerprint density at radius 3 is 2.52 bits per heavy atom. The van der Waals surface area contributed by atoms with Crippen LogP contribution in [-0.2, 0) is 19.8 Å².